The van der Waals surface area contributed by atoms with Gasteiger partial charge in [-0.05, 0) is 67.8 Å². The van der Waals surface area contributed by atoms with Gasteiger partial charge in [0.1, 0.15) is 5.75 Å². The Morgan fingerprint density at radius 3 is 1.77 bits per heavy atom. The highest BCUT2D eigenvalue weighted by atomic mass is 16.5. The highest BCUT2D eigenvalue weighted by Crippen LogP contribution is 2.20. The highest BCUT2D eigenvalue weighted by Gasteiger charge is 2.26. The van der Waals surface area contributed by atoms with Gasteiger partial charge in [-0.15, -0.1) is 0 Å². The summed E-state index contributed by atoms with van der Waals surface area (Å²) in [5.74, 6) is 7.03. The molecule has 0 aliphatic rings. The first-order chi connectivity index (χ1) is 12.6. The number of carbonyl (C=O) groups excluding carboxylic acids is 1. The number of carbonyl (C=O) groups is 1. The third kappa shape index (κ3) is 4.89. The van der Waals surface area contributed by atoms with E-state index in [-0.39, 0.29) is 11.4 Å². The molecule has 26 heavy (non-hydrogen) atoms. The zero-order valence-corrected chi connectivity index (χ0v) is 16.1. The molecule has 2 rings (SSSR count). The average molecular weight is 349 g/mol. The molecule has 3 nitrogen and oxygen atoms in total. The summed E-state index contributed by atoms with van der Waals surface area (Å²) in [4.78, 5) is 12.5. The summed E-state index contributed by atoms with van der Waals surface area (Å²) < 4.78 is 5.14. The second-order valence-corrected chi connectivity index (χ2v) is 6.35. The zero-order valence-electron chi connectivity index (χ0n) is 16.1. The minimum Gasteiger partial charge on any atom is -0.497 e. The maximum Gasteiger partial charge on any atom is 0.251 e. The smallest absolute Gasteiger partial charge is 0.251 e. The molecule has 0 aromatic heterocycles. The molecule has 0 saturated heterocycles. The van der Waals surface area contributed by atoms with Crippen molar-refractivity contribution >= 4 is 5.91 Å². The lowest BCUT2D eigenvalue weighted by Gasteiger charge is -2.31. The number of nitrogens with one attached hydrogen (secondary N) is 1. The van der Waals surface area contributed by atoms with Gasteiger partial charge < -0.3 is 10.1 Å². The summed E-state index contributed by atoms with van der Waals surface area (Å²) in [6.45, 7) is 6.35. The van der Waals surface area contributed by atoms with Gasteiger partial charge in [-0.25, -0.2) is 0 Å². The second kappa shape index (κ2) is 9.10. The second-order valence-electron chi connectivity index (χ2n) is 6.35. The number of methoxy groups -OCH3 is 1. The van der Waals surface area contributed by atoms with Crippen molar-refractivity contribution in [3.8, 4) is 17.6 Å². The van der Waals surface area contributed by atoms with E-state index in [1.165, 1.54) is 0 Å². The van der Waals surface area contributed by atoms with E-state index in [0.717, 1.165) is 36.1 Å². The quantitative estimate of drug-likeness (QED) is 0.761. The van der Waals surface area contributed by atoms with Gasteiger partial charge in [0.2, 0.25) is 0 Å². The first-order valence-corrected chi connectivity index (χ1v) is 9.14. The van der Waals surface area contributed by atoms with E-state index in [2.05, 4.69) is 37.9 Å². The number of hydrogen-bond acceptors (Lipinski definition) is 2. The maximum absolute atomic E-state index is 12.5. The number of benzene rings is 2. The summed E-state index contributed by atoms with van der Waals surface area (Å²) >= 11 is 0. The predicted molar refractivity (Wildman–Crippen MR) is 106 cm³/mol. The topological polar surface area (TPSA) is 38.3 Å². The summed E-state index contributed by atoms with van der Waals surface area (Å²) in [5, 5.41) is 3.20. The Morgan fingerprint density at radius 2 is 1.35 bits per heavy atom. The average Bonchev–Trinajstić information content (AvgIpc) is 2.71. The van der Waals surface area contributed by atoms with Crippen molar-refractivity contribution in [1.82, 2.24) is 5.32 Å². The van der Waals surface area contributed by atoms with Crippen LogP contribution in [0.4, 0.5) is 0 Å². The highest BCUT2D eigenvalue weighted by molar-refractivity contribution is 5.94. The van der Waals surface area contributed by atoms with E-state index in [1.807, 2.05) is 48.5 Å². The summed E-state index contributed by atoms with van der Waals surface area (Å²) in [5.41, 5.74) is 2.35. The normalized spacial score (nSPS) is 10.6. The van der Waals surface area contributed by atoms with Gasteiger partial charge in [-0.1, -0.05) is 32.6 Å². The Labute approximate surface area is 156 Å². The fourth-order valence-electron chi connectivity index (χ4n) is 2.85. The van der Waals surface area contributed by atoms with Gasteiger partial charge in [0.15, 0.2) is 0 Å². The molecular formula is C23H27NO2. The minimum atomic E-state index is -0.121. The van der Waals surface area contributed by atoms with Crippen LogP contribution in [0, 0.1) is 11.8 Å². The standard InChI is InChI=1S/C23H27NO2/c1-5-23(6-2,7-3)24-22(25)20-14-10-18(11-15-20)8-9-19-12-16-21(26-4)17-13-19/h10-17H,5-7H2,1-4H3,(H,24,25). The van der Waals surface area contributed by atoms with E-state index >= 15 is 0 Å². The van der Waals surface area contributed by atoms with Crippen molar-refractivity contribution in [2.24, 2.45) is 0 Å². The molecule has 0 aliphatic carbocycles. The van der Waals surface area contributed by atoms with Crippen molar-refractivity contribution in [2.45, 2.75) is 45.6 Å². The van der Waals surface area contributed by atoms with E-state index in [1.54, 1.807) is 7.11 Å². The van der Waals surface area contributed by atoms with Crippen LogP contribution in [0.1, 0.15) is 61.5 Å². The first kappa shape index (κ1) is 19.6. The maximum atomic E-state index is 12.5. The first-order valence-electron chi connectivity index (χ1n) is 9.14. The fraction of sp³-hybridized carbons (Fsp3) is 0.348. The van der Waals surface area contributed by atoms with E-state index in [0.29, 0.717) is 5.56 Å². The van der Waals surface area contributed by atoms with Crippen LogP contribution in [0.2, 0.25) is 0 Å². The molecule has 0 saturated carbocycles. The molecule has 0 fully saturated rings. The third-order valence-corrected chi connectivity index (χ3v) is 5.00. The largest absolute Gasteiger partial charge is 0.497 e. The molecular weight excluding hydrogens is 322 g/mol. The van der Waals surface area contributed by atoms with E-state index in [4.69, 9.17) is 4.74 Å². The number of hydrogen-bond donors (Lipinski definition) is 1. The molecule has 1 amide bonds. The molecule has 136 valence electrons. The van der Waals surface area contributed by atoms with Gasteiger partial charge in [-0.2, -0.15) is 0 Å². The van der Waals surface area contributed by atoms with Crippen LogP contribution in [-0.2, 0) is 0 Å². The Balaban J connectivity index is 2.08. The molecule has 3 heteroatoms. The fourth-order valence-corrected chi connectivity index (χ4v) is 2.85. The third-order valence-electron chi connectivity index (χ3n) is 5.00. The molecule has 0 spiro atoms. The Morgan fingerprint density at radius 1 is 0.885 bits per heavy atom. The molecule has 2 aromatic carbocycles. The SMILES string of the molecule is CCC(CC)(CC)NC(=O)c1ccc(C#Cc2ccc(OC)cc2)cc1. The minimum absolute atomic E-state index is 0.0230. The van der Waals surface area contributed by atoms with Gasteiger partial charge in [-0.3, -0.25) is 4.79 Å². The van der Waals surface area contributed by atoms with E-state index in [9.17, 15) is 4.79 Å². The number of amides is 1. The molecule has 0 atom stereocenters. The predicted octanol–water partition coefficient (Wildman–Crippen LogP) is 4.79. The van der Waals surface area contributed by atoms with Crippen LogP contribution >= 0.6 is 0 Å². The van der Waals surface area contributed by atoms with Gasteiger partial charge in [0.05, 0.1) is 7.11 Å². The lowest BCUT2D eigenvalue weighted by Crippen LogP contribution is -2.47. The van der Waals surface area contributed by atoms with Gasteiger partial charge >= 0.3 is 0 Å². The Bertz CT molecular complexity index is 767. The molecule has 0 bridgehead atoms. The Kier molecular flexibility index (Phi) is 6.86. The molecule has 2 aromatic rings. The van der Waals surface area contributed by atoms with Gasteiger partial charge in [0, 0.05) is 22.2 Å². The molecule has 0 radical (unpaired) electrons. The van der Waals surface area contributed by atoms with Crippen molar-refractivity contribution in [3.63, 3.8) is 0 Å². The van der Waals surface area contributed by atoms with Crippen LogP contribution in [0.25, 0.3) is 0 Å². The summed E-state index contributed by atoms with van der Waals surface area (Å²) in [6.07, 6.45) is 2.78. The van der Waals surface area contributed by atoms with Crippen LogP contribution in [-0.4, -0.2) is 18.6 Å². The monoisotopic (exact) mass is 349 g/mol. The molecule has 0 aliphatic heterocycles. The van der Waals surface area contributed by atoms with Crippen molar-refractivity contribution in [3.05, 3.63) is 65.2 Å². The number of rotatable bonds is 6. The van der Waals surface area contributed by atoms with E-state index < -0.39 is 0 Å². The molecule has 0 heterocycles. The molecule has 1 N–H and O–H groups in total. The van der Waals surface area contributed by atoms with Crippen LogP contribution in [0.3, 0.4) is 0 Å². The van der Waals surface area contributed by atoms with Crippen LogP contribution < -0.4 is 10.1 Å². The summed E-state index contributed by atoms with van der Waals surface area (Å²) in [7, 11) is 1.64. The lowest BCUT2D eigenvalue weighted by molar-refractivity contribution is 0.0888. The van der Waals surface area contributed by atoms with Crippen molar-refractivity contribution in [1.29, 1.82) is 0 Å². The van der Waals surface area contributed by atoms with Crippen LogP contribution in [0.5, 0.6) is 5.75 Å². The summed E-state index contributed by atoms with van der Waals surface area (Å²) in [6, 6.07) is 15.1. The van der Waals surface area contributed by atoms with Crippen molar-refractivity contribution < 1.29 is 9.53 Å². The number of ether oxygens (including phenoxy) is 1. The van der Waals surface area contributed by atoms with Crippen molar-refractivity contribution in [2.75, 3.05) is 7.11 Å². The Hall–Kier alpha value is -2.73. The zero-order chi connectivity index (χ0) is 19.0. The lowest BCUT2D eigenvalue weighted by atomic mass is 9.89. The molecule has 0 unspecified atom stereocenters. The van der Waals surface area contributed by atoms with Crippen LogP contribution in [0.15, 0.2) is 48.5 Å². The van der Waals surface area contributed by atoms with Gasteiger partial charge in [0.25, 0.3) is 5.91 Å².